The van der Waals surface area contributed by atoms with Crippen LogP contribution >= 0.6 is 19.2 Å². The molecule has 1 heterocycles. The molecule has 6 heteroatoms. The zero-order valence-corrected chi connectivity index (χ0v) is 15.0. The number of ether oxygens (including phenoxy) is 1. The van der Waals surface area contributed by atoms with Gasteiger partial charge in [0.2, 0.25) is 7.44 Å². The normalized spacial score (nSPS) is 29.2. The molecule has 0 aromatic heterocycles. The van der Waals surface area contributed by atoms with Gasteiger partial charge in [-0.25, -0.2) is 9.34 Å². The molecule has 1 aliphatic rings. The van der Waals surface area contributed by atoms with Crippen LogP contribution in [0.25, 0.3) is 0 Å². The van der Waals surface area contributed by atoms with Gasteiger partial charge in [0, 0.05) is 18.7 Å². The lowest BCUT2D eigenvalue weighted by atomic mass is 10.1. The van der Waals surface area contributed by atoms with Crippen molar-refractivity contribution in [3.8, 4) is 0 Å². The van der Waals surface area contributed by atoms with Crippen LogP contribution in [0.2, 0.25) is 0 Å². The Bertz CT molecular complexity index is 325. The first-order valence-corrected chi connectivity index (χ1v) is 9.91. The van der Waals surface area contributed by atoms with Crippen molar-refractivity contribution in [2.24, 2.45) is 5.92 Å². The molecule has 4 nitrogen and oxygen atoms in total. The molecular formula is C13H29N2O2PS. The fourth-order valence-electron chi connectivity index (χ4n) is 2.51. The molecule has 1 rings (SSSR count). The first-order valence-electron chi connectivity index (χ1n) is 6.94. The molecular weight excluding hydrogens is 279 g/mol. The molecule has 0 saturated carbocycles. The molecule has 3 unspecified atom stereocenters. The van der Waals surface area contributed by atoms with E-state index < -0.39 is 7.44 Å². The van der Waals surface area contributed by atoms with Gasteiger partial charge in [-0.15, -0.1) is 11.8 Å². The van der Waals surface area contributed by atoms with Gasteiger partial charge < -0.3 is 4.74 Å². The monoisotopic (exact) mass is 308 g/mol. The van der Waals surface area contributed by atoms with E-state index in [1.165, 1.54) is 0 Å². The highest BCUT2D eigenvalue weighted by molar-refractivity contribution is 7.99. The van der Waals surface area contributed by atoms with E-state index in [2.05, 4.69) is 38.6 Å². The molecule has 1 fully saturated rings. The van der Waals surface area contributed by atoms with E-state index in [0.717, 1.165) is 13.1 Å². The second-order valence-corrected chi connectivity index (χ2v) is 10.6. The third-order valence-corrected chi connectivity index (χ3v) is 8.15. The molecule has 0 aromatic rings. The van der Waals surface area contributed by atoms with Gasteiger partial charge >= 0.3 is 0 Å². The minimum Gasteiger partial charge on any atom is -0.361 e. The van der Waals surface area contributed by atoms with E-state index in [-0.39, 0.29) is 17.2 Å². The maximum absolute atomic E-state index is 13.4. The minimum absolute atomic E-state index is 0.119. The third kappa shape index (κ3) is 3.76. The van der Waals surface area contributed by atoms with E-state index in [1.54, 1.807) is 11.8 Å². The third-order valence-electron chi connectivity index (χ3n) is 3.73. The first-order chi connectivity index (χ1) is 8.73. The Hall–Kier alpha value is 0.460. The summed E-state index contributed by atoms with van der Waals surface area (Å²) in [6.45, 7) is 9.95. The van der Waals surface area contributed by atoms with Crippen molar-refractivity contribution in [3.05, 3.63) is 0 Å². The van der Waals surface area contributed by atoms with Crippen LogP contribution in [0.4, 0.5) is 0 Å². The zero-order chi connectivity index (χ0) is 14.8. The van der Waals surface area contributed by atoms with E-state index in [0.29, 0.717) is 5.92 Å². The standard InChI is InChI=1S/C13H29N2O2PS/c1-10(2)12-8-15(9-13(17-12)19-7)18(16,11(3)4)14(5)6/h10-13H,8-9H2,1-7H3. The van der Waals surface area contributed by atoms with E-state index in [4.69, 9.17) is 4.74 Å². The molecule has 0 radical (unpaired) electrons. The summed E-state index contributed by atoms with van der Waals surface area (Å²) >= 11 is 1.71. The molecule has 19 heavy (non-hydrogen) atoms. The summed E-state index contributed by atoms with van der Waals surface area (Å²) in [7, 11) is 1.36. The van der Waals surface area contributed by atoms with Crippen LogP contribution in [-0.2, 0) is 9.30 Å². The van der Waals surface area contributed by atoms with Crippen LogP contribution in [0.1, 0.15) is 27.7 Å². The van der Waals surface area contributed by atoms with Crippen LogP contribution < -0.4 is 0 Å². The minimum atomic E-state index is -2.49. The van der Waals surface area contributed by atoms with Crippen molar-refractivity contribution in [3.63, 3.8) is 0 Å². The van der Waals surface area contributed by atoms with Gasteiger partial charge in [-0.3, -0.25) is 4.57 Å². The summed E-state index contributed by atoms with van der Waals surface area (Å²) in [4.78, 5) is 0. The summed E-state index contributed by atoms with van der Waals surface area (Å²) in [5.74, 6) is 0.445. The molecule has 0 N–H and O–H groups in total. The van der Waals surface area contributed by atoms with E-state index >= 15 is 0 Å². The fraction of sp³-hybridized carbons (Fsp3) is 1.00. The van der Waals surface area contributed by atoms with Crippen molar-refractivity contribution < 1.29 is 9.30 Å². The Morgan fingerprint density at radius 2 is 1.84 bits per heavy atom. The van der Waals surface area contributed by atoms with Crippen LogP contribution in [0.3, 0.4) is 0 Å². The SMILES string of the molecule is CSC1CN(P(=O)(C(C)C)N(C)C)CC(C(C)C)O1. The molecule has 0 aliphatic carbocycles. The smallest absolute Gasteiger partial charge is 0.218 e. The van der Waals surface area contributed by atoms with Gasteiger partial charge in [-0.05, 0) is 26.3 Å². The lowest BCUT2D eigenvalue weighted by Gasteiger charge is -2.45. The van der Waals surface area contributed by atoms with Crippen molar-refractivity contribution >= 4 is 19.2 Å². The van der Waals surface area contributed by atoms with E-state index in [9.17, 15) is 4.57 Å². The van der Waals surface area contributed by atoms with Gasteiger partial charge in [-0.1, -0.05) is 27.7 Å². The summed E-state index contributed by atoms with van der Waals surface area (Å²) in [6, 6.07) is 0. The quantitative estimate of drug-likeness (QED) is 0.728. The van der Waals surface area contributed by atoms with Crippen molar-refractivity contribution in [1.82, 2.24) is 9.34 Å². The van der Waals surface area contributed by atoms with Crippen molar-refractivity contribution in [1.29, 1.82) is 0 Å². The topological polar surface area (TPSA) is 32.8 Å². The Kier molecular flexibility index (Phi) is 6.40. The summed E-state index contributed by atoms with van der Waals surface area (Å²) < 4.78 is 23.5. The highest BCUT2D eigenvalue weighted by atomic mass is 32.2. The van der Waals surface area contributed by atoms with E-state index in [1.807, 2.05) is 18.8 Å². The van der Waals surface area contributed by atoms with Crippen LogP contribution in [0.15, 0.2) is 0 Å². The van der Waals surface area contributed by atoms with Gasteiger partial charge in [0.25, 0.3) is 0 Å². The molecule has 0 aromatic carbocycles. The highest BCUT2D eigenvalue weighted by Crippen LogP contribution is 2.57. The molecule has 0 amide bonds. The van der Waals surface area contributed by atoms with Gasteiger partial charge in [0.1, 0.15) is 5.44 Å². The number of morpholine rings is 1. The lowest BCUT2D eigenvalue weighted by Crippen LogP contribution is -2.49. The van der Waals surface area contributed by atoms with Gasteiger partial charge in [0.05, 0.1) is 6.10 Å². The van der Waals surface area contributed by atoms with Gasteiger partial charge in [-0.2, -0.15) is 0 Å². The molecule has 1 saturated heterocycles. The Morgan fingerprint density at radius 3 is 2.21 bits per heavy atom. The maximum Gasteiger partial charge on any atom is 0.218 e. The number of rotatable bonds is 5. The molecule has 0 spiro atoms. The molecule has 3 atom stereocenters. The second kappa shape index (κ2) is 6.95. The average molecular weight is 308 g/mol. The Labute approximate surface area is 122 Å². The summed E-state index contributed by atoms with van der Waals surface area (Å²) in [5, 5.41) is 0. The number of nitrogens with zero attached hydrogens (tertiary/aromatic N) is 2. The molecule has 114 valence electrons. The fourth-order valence-corrected chi connectivity index (χ4v) is 6.06. The van der Waals surface area contributed by atoms with Crippen LogP contribution in [0, 0.1) is 5.92 Å². The summed E-state index contributed by atoms with van der Waals surface area (Å²) in [5.41, 5.74) is 0.254. The molecule has 1 aliphatic heterocycles. The van der Waals surface area contributed by atoms with Gasteiger partial charge in [0.15, 0.2) is 0 Å². The Morgan fingerprint density at radius 1 is 1.26 bits per heavy atom. The first kappa shape index (κ1) is 17.5. The Balaban J connectivity index is 2.99. The largest absolute Gasteiger partial charge is 0.361 e. The van der Waals surface area contributed by atoms with Crippen molar-refractivity contribution in [2.45, 2.75) is 44.9 Å². The predicted octanol–water partition coefficient (Wildman–Crippen LogP) is 3.20. The lowest BCUT2D eigenvalue weighted by molar-refractivity contribution is -0.0453. The van der Waals surface area contributed by atoms with Crippen LogP contribution in [-0.4, -0.2) is 60.0 Å². The summed E-state index contributed by atoms with van der Waals surface area (Å²) in [6.07, 6.45) is 2.22. The number of thioether (sulfide) groups is 1. The average Bonchev–Trinajstić information content (AvgIpc) is 2.36. The van der Waals surface area contributed by atoms with Crippen LogP contribution in [0.5, 0.6) is 0 Å². The highest BCUT2D eigenvalue weighted by Gasteiger charge is 2.42. The number of hydrogen-bond acceptors (Lipinski definition) is 3. The number of hydrogen-bond donors (Lipinski definition) is 0. The van der Waals surface area contributed by atoms with Crippen molar-refractivity contribution in [2.75, 3.05) is 33.4 Å². The second-order valence-electron chi connectivity index (χ2n) is 5.99. The zero-order valence-electron chi connectivity index (χ0n) is 13.3. The predicted molar refractivity (Wildman–Crippen MR) is 85.0 cm³/mol. The maximum atomic E-state index is 13.4. The molecule has 0 bridgehead atoms.